The number of carbonyl (C=O) groups is 2. The molecule has 0 saturated carbocycles. The van der Waals surface area contributed by atoms with Crippen LogP contribution in [0.1, 0.15) is 58.1 Å². The lowest BCUT2D eigenvalue weighted by atomic mass is 9.52. The molecule has 3 atom stereocenters. The Morgan fingerprint density at radius 1 is 1.19 bits per heavy atom. The van der Waals surface area contributed by atoms with Crippen LogP contribution in [0.2, 0.25) is 0 Å². The van der Waals surface area contributed by atoms with Crippen molar-refractivity contribution in [3.05, 3.63) is 35.4 Å². The third kappa shape index (κ3) is 1.88. The molecule has 4 saturated heterocycles. The molecule has 2 bridgehead atoms. The Kier molecular flexibility index (Phi) is 3.02. The van der Waals surface area contributed by atoms with Crippen molar-refractivity contribution in [3.63, 3.8) is 0 Å². The highest BCUT2D eigenvalue weighted by Gasteiger charge is 2.72. The van der Waals surface area contributed by atoms with Crippen LogP contribution in [-0.2, 0) is 9.59 Å². The number of nitrogens with zero attached hydrogens (tertiary/aromatic N) is 2. The van der Waals surface area contributed by atoms with Crippen LogP contribution < -0.4 is 10.1 Å². The van der Waals surface area contributed by atoms with Crippen molar-refractivity contribution in [1.29, 1.82) is 0 Å². The van der Waals surface area contributed by atoms with E-state index in [1.54, 1.807) is 0 Å². The van der Waals surface area contributed by atoms with Crippen molar-refractivity contribution in [3.8, 4) is 5.75 Å². The maximum Gasteiger partial charge on any atom is 0.253 e. The van der Waals surface area contributed by atoms with E-state index in [0.29, 0.717) is 13.0 Å². The second kappa shape index (κ2) is 5.19. The molecular formula is C26H27N3O3. The molecule has 6 nitrogen and oxygen atoms in total. The number of fused-ring (bicyclic) bond motifs is 6. The molecule has 8 rings (SSSR count). The molecule has 1 aromatic rings. The molecule has 1 N–H and O–H groups in total. The number of aliphatic imine (C=N–C) groups is 1. The lowest BCUT2D eigenvalue weighted by Crippen LogP contribution is -2.83. The molecule has 2 amide bonds. The highest BCUT2D eigenvalue weighted by Crippen LogP contribution is 2.61. The van der Waals surface area contributed by atoms with Crippen molar-refractivity contribution < 1.29 is 14.3 Å². The van der Waals surface area contributed by atoms with E-state index < -0.39 is 11.1 Å². The zero-order valence-corrected chi connectivity index (χ0v) is 18.9. The number of piperazine rings is 1. The molecule has 1 aromatic carbocycles. The number of hydrogen-bond donors (Lipinski definition) is 1. The van der Waals surface area contributed by atoms with Crippen molar-refractivity contribution in [2.24, 2.45) is 16.3 Å². The Labute approximate surface area is 187 Å². The van der Waals surface area contributed by atoms with Gasteiger partial charge in [-0.2, -0.15) is 0 Å². The molecule has 1 aliphatic carbocycles. The molecule has 0 radical (unpaired) electrons. The standard InChI is InChI=1S/C26H27N3O3/c1-23(2)10-8-15-17(32-23)7-6-14-16-12-26-18(24(3,4)20(16)27-19(14)15)13-25(21(30)28-26)9-5-11-29(25)22(26)31/h6-8,10,12,18H,5,9,11,13H2,1-4H3,(H,28,30). The number of benzene rings is 1. The molecule has 4 fully saturated rings. The summed E-state index contributed by atoms with van der Waals surface area (Å²) in [5.41, 5.74) is 2.51. The SMILES string of the molecule is CC1(C)C=Cc2c(ccc3c2N=C2C3=CC34NC(=O)C5(CCCN5C3=O)CC4C2(C)C)O1. The maximum absolute atomic E-state index is 13.9. The summed E-state index contributed by atoms with van der Waals surface area (Å²) in [6.07, 6.45) is 8.53. The molecule has 164 valence electrons. The molecule has 7 aliphatic rings. The molecule has 6 aliphatic heterocycles. The van der Waals surface area contributed by atoms with Gasteiger partial charge in [-0.05, 0) is 63.5 Å². The smallest absolute Gasteiger partial charge is 0.253 e. The van der Waals surface area contributed by atoms with Gasteiger partial charge in [0.1, 0.15) is 22.4 Å². The van der Waals surface area contributed by atoms with Crippen LogP contribution in [-0.4, -0.2) is 45.6 Å². The number of rotatable bonds is 0. The summed E-state index contributed by atoms with van der Waals surface area (Å²) in [5.74, 6) is 0.883. The van der Waals surface area contributed by atoms with Gasteiger partial charge < -0.3 is 15.0 Å². The third-order valence-electron chi connectivity index (χ3n) is 8.75. The predicted octanol–water partition coefficient (Wildman–Crippen LogP) is 3.63. The summed E-state index contributed by atoms with van der Waals surface area (Å²) in [7, 11) is 0. The molecule has 2 spiro atoms. The van der Waals surface area contributed by atoms with Crippen LogP contribution in [0.25, 0.3) is 11.6 Å². The fourth-order valence-electron chi connectivity index (χ4n) is 7.16. The summed E-state index contributed by atoms with van der Waals surface area (Å²) >= 11 is 0. The Bertz CT molecular complexity index is 1250. The zero-order valence-electron chi connectivity index (χ0n) is 18.9. The van der Waals surface area contributed by atoms with E-state index in [-0.39, 0.29) is 28.7 Å². The van der Waals surface area contributed by atoms with Gasteiger partial charge in [0.2, 0.25) is 5.91 Å². The molecule has 6 heterocycles. The second-order valence-electron chi connectivity index (χ2n) is 11.3. The summed E-state index contributed by atoms with van der Waals surface area (Å²) < 4.78 is 6.18. The van der Waals surface area contributed by atoms with Gasteiger partial charge in [0, 0.05) is 34.6 Å². The largest absolute Gasteiger partial charge is 0.483 e. The van der Waals surface area contributed by atoms with Gasteiger partial charge >= 0.3 is 0 Å². The van der Waals surface area contributed by atoms with E-state index in [4.69, 9.17) is 9.73 Å². The summed E-state index contributed by atoms with van der Waals surface area (Å²) in [6.45, 7) is 9.13. The molecular weight excluding hydrogens is 402 g/mol. The van der Waals surface area contributed by atoms with Crippen LogP contribution in [0.4, 0.5) is 5.69 Å². The number of amides is 2. The summed E-state index contributed by atoms with van der Waals surface area (Å²) in [5, 5.41) is 3.22. The van der Waals surface area contributed by atoms with Crippen LogP contribution in [0, 0.1) is 11.3 Å². The van der Waals surface area contributed by atoms with E-state index in [9.17, 15) is 9.59 Å². The Morgan fingerprint density at radius 2 is 2.00 bits per heavy atom. The minimum Gasteiger partial charge on any atom is -0.483 e. The van der Waals surface area contributed by atoms with Gasteiger partial charge in [-0.1, -0.05) is 13.8 Å². The van der Waals surface area contributed by atoms with Crippen LogP contribution >= 0.6 is 0 Å². The predicted molar refractivity (Wildman–Crippen MR) is 122 cm³/mol. The Hall–Kier alpha value is -2.89. The van der Waals surface area contributed by atoms with Crippen molar-refractivity contribution in [2.75, 3.05) is 6.54 Å². The first kappa shape index (κ1) is 18.7. The number of nitrogens with one attached hydrogen (secondary N) is 1. The zero-order chi connectivity index (χ0) is 22.3. The van der Waals surface area contributed by atoms with Gasteiger partial charge in [-0.3, -0.25) is 14.6 Å². The van der Waals surface area contributed by atoms with Crippen LogP contribution in [0.15, 0.2) is 29.3 Å². The monoisotopic (exact) mass is 429 g/mol. The molecule has 3 unspecified atom stereocenters. The first-order valence-electron chi connectivity index (χ1n) is 11.6. The number of allylic oxidation sites excluding steroid dienone is 1. The lowest BCUT2D eigenvalue weighted by molar-refractivity contribution is -0.174. The maximum atomic E-state index is 13.9. The summed E-state index contributed by atoms with van der Waals surface area (Å²) in [6, 6.07) is 4.06. The van der Waals surface area contributed by atoms with Crippen LogP contribution in [0.3, 0.4) is 0 Å². The number of piperidine rings is 2. The van der Waals surface area contributed by atoms with Crippen molar-refractivity contribution in [2.45, 2.75) is 63.6 Å². The Balaban J connectivity index is 1.46. The first-order chi connectivity index (χ1) is 15.1. The topological polar surface area (TPSA) is 71.0 Å². The average Bonchev–Trinajstić information content (AvgIpc) is 3.32. The van der Waals surface area contributed by atoms with E-state index in [0.717, 1.165) is 46.7 Å². The normalized spacial score (nSPS) is 36.2. The summed E-state index contributed by atoms with van der Waals surface area (Å²) in [4.78, 5) is 34.2. The number of ether oxygens (including phenoxy) is 1. The minimum atomic E-state index is -0.993. The van der Waals surface area contributed by atoms with Gasteiger partial charge in [0.05, 0.1) is 11.4 Å². The van der Waals surface area contributed by atoms with E-state index in [1.165, 1.54) is 0 Å². The highest BCUT2D eigenvalue weighted by molar-refractivity contribution is 6.34. The first-order valence-corrected chi connectivity index (χ1v) is 11.6. The minimum absolute atomic E-state index is 0.0149. The number of carbonyl (C=O) groups excluding carboxylic acids is 2. The second-order valence-corrected chi connectivity index (χ2v) is 11.3. The number of hydrogen-bond acceptors (Lipinski definition) is 4. The van der Waals surface area contributed by atoms with E-state index >= 15 is 0 Å². The molecule has 0 aromatic heterocycles. The lowest BCUT2D eigenvalue weighted by Gasteiger charge is -2.63. The quantitative estimate of drug-likeness (QED) is 0.685. The fourth-order valence-corrected chi connectivity index (χ4v) is 7.16. The highest BCUT2D eigenvalue weighted by atomic mass is 16.5. The van der Waals surface area contributed by atoms with E-state index in [1.807, 2.05) is 30.9 Å². The van der Waals surface area contributed by atoms with Gasteiger partial charge in [-0.15, -0.1) is 0 Å². The van der Waals surface area contributed by atoms with Crippen molar-refractivity contribution in [1.82, 2.24) is 10.2 Å². The molecule has 32 heavy (non-hydrogen) atoms. The average molecular weight is 430 g/mol. The Morgan fingerprint density at radius 3 is 2.81 bits per heavy atom. The van der Waals surface area contributed by atoms with Crippen LogP contribution in [0.5, 0.6) is 5.75 Å². The van der Waals surface area contributed by atoms with Crippen molar-refractivity contribution >= 4 is 34.9 Å². The third-order valence-corrected chi connectivity index (χ3v) is 8.75. The van der Waals surface area contributed by atoms with E-state index in [2.05, 4.69) is 37.4 Å². The fraction of sp³-hybridized carbons (Fsp3) is 0.500. The van der Waals surface area contributed by atoms with Gasteiger partial charge in [-0.25, -0.2) is 0 Å². The molecule has 6 heteroatoms. The van der Waals surface area contributed by atoms with Gasteiger partial charge in [0.15, 0.2) is 0 Å². The van der Waals surface area contributed by atoms with Gasteiger partial charge in [0.25, 0.3) is 5.91 Å².